The van der Waals surface area contributed by atoms with E-state index in [-0.39, 0.29) is 6.04 Å². The molecule has 1 aromatic heterocycles. The minimum atomic E-state index is 0.0401. The van der Waals surface area contributed by atoms with Gasteiger partial charge in [-0.3, -0.25) is 0 Å². The lowest BCUT2D eigenvalue weighted by atomic mass is 10.2. The number of nitriles is 1. The van der Waals surface area contributed by atoms with Gasteiger partial charge in [-0.1, -0.05) is 0 Å². The predicted molar refractivity (Wildman–Crippen MR) is 41.6 cm³/mol. The van der Waals surface area contributed by atoms with E-state index in [0.717, 1.165) is 10.4 Å². The standard InChI is InChI=1S/C7H8N2S/c1-5(9)6-2-7(3-8)10-4-6/h2,4-5H,9H2,1H3/t5-/m1/s1. The zero-order valence-electron chi connectivity index (χ0n) is 5.66. The van der Waals surface area contributed by atoms with E-state index in [2.05, 4.69) is 6.07 Å². The number of hydrogen-bond acceptors (Lipinski definition) is 3. The Labute approximate surface area is 63.9 Å². The normalized spacial score (nSPS) is 12.5. The van der Waals surface area contributed by atoms with Crippen molar-refractivity contribution in [2.24, 2.45) is 5.73 Å². The molecule has 0 amide bonds. The van der Waals surface area contributed by atoms with Crippen LogP contribution in [0.5, 0.6) is 0 Å². The zero-order valence-corrected chi connectivity index (χ0v) is 6.48. The molecule has 1 heterocycles. The minimum Gasteiger partial charge on any atom is -0.324 e. The molecule has 0 unspecified atom stereocenters. The van der Waals surface area contributed by atoms with Crippen molar-refractivity contribution >= 4 is 11.3 Å². The third-order valence-corrected chi connectivity index (χ3v) is 2.11. The number of nitrogens with two attached hydrogens (primary N) is 1. The first-order chi connectivity index (χ1) is 4.74. The molecule has 0 aliphatic heterocycles. The van der Waals surface area contributed by atoms with Crippen LogP contribution in [0, 0.1) is 11.3 Å². The van der Waals surface area contributed by atoms with Crippen LogP contribution in [-0.2, 0) is 0 Å². The molecule has 0 aromatic carbocycles. The summed E-state index contributed by atoms with van der Waals surface area (Å²) in [6, 6.07) is 3.93. The first kappa shape index (κ1) is 7.26. The minimum absolute atomic E-state index is 0.0401. The van der Waals surface area contributed by atoms with Crippen LogP contribution in [0.25, 0.3) is 0 Å². The molecule has 1 atom stereocenters. The van der Waals surface area contributed by atoms with E-state index in [9.17, 15) is 0 Å². The molecule has 10 heavy (non-hydrogen) atoms. The van der Waals surface area contributed by atoms with Crippen LogP contribution >= 0.6 is 11.3 Å². The van der Waals surface area contributed by atoms with Crippen LogP contribution in [0.4, 0.5) is 0 Å². The summed E-state index contributed by atoms with van der Waals surface area (Å²) in [5, 5.41) is 10.4. The van der Waals surface area contributed by atoms with Crippen molar-refractivity contribution in [2.45, 2.75) is 13.0 Å². The maximum atomic E-state index is 8.45. The Balaban J connectivity index is 2.91. The van der Waals surface area contributed by atoms with Crippen molar-refractivity contribution < 1.29 is 0 Å². The van der Waals surface area contributed by atoms with Crippen molar-refractivity contribution in [3.8, 4) is 6.07 Å². The number of thiophene rings is 1. The summed E-state index contributed by atoms with van der Waals surface area (Å²) in [5.41, 5.74) is 6.62. The Morgan fingerprint density at radius 2 is 2.50 bits per heavy atom. The zero-order chi connectivity index (χ0) is 7.56. The average Bonchev–Trinajstić information content (AvgIpc) is 2.34. The molecular formula is C7H8N2S. The molecule has 1 rings (SSSR count). The Bertz CT molecular complexity index is 257. The highest BCUT2D eigenvalue weighted by atomic mass is 32.1. The Morgan fingerprint density at radius 3 is 2.80 bits per heavy atom. The molecule has 0 fully saturated rings. The van der Waals surface area contributed by atoms with Gasteiger partial charge in [-0.25, -0.2) is 0 Å². The van der Waals surface area contributed by atoms with E-state index in [1.54, 1.807) is 0 Å². The van der Waals surface area contributed by atoms with E-state index < -0.39 is 0 Å². The summed E-state index contributed by atoms with van der Waals surface area (Å²) in [6.07, 6.45) is 0. The largest absolute Gasteiger partial charge is 0.324 e. The lowest BCUT2D eigenvalue weighted by Gasteiger charge is -1.97. The smallest absolute Gasteiger partial charge is 0.110 e. The lowest BCUT2D eigenvalue weighted by molar-refractivity contribution is 0.823. The molecular weight excluding hydrogens is 144 g/mol. The van der Waals surface area contributed by atoms with Crippen LogP contribution in [-0.4, -0.2) is 0 Å². The van der Waals surface area contributed by atoms with Gasteiger partial charge in [0.05, 0.1) is 0 Å². The average molecular weight is 152 g/mol. The van der Waals surface area contributed by atoms with Gasteiger partial charge in [0, 0.05) is 6.04 Å². The Hall–Kier alpha value is -0.850. The molecule has 2 N–H and O–H groups in total. The maximum absolute atomic E-state index is 8.45. The number of nitrogens with zero attached hydrogens (tertiary/aromatic N) is 1. The third-order valence-electron chi connectivity index (χ3n) is 1.26. The molecule has 0 saturated heterocycles. The van der Waals surface area contributed by atoms with E-state index in [1.165, 1.54) is 11.3 Å². The number of hydrogen-bond donors (Lipinski definition) is 1. The van der Waals surface area contributed by atoms with Gasteiger partial charge < -0.3 is 5.73 Å². The van der Waals surface area contributed by atoms with Gasteiger partial charge in [-0.2, -0.15) is 5.26 Å². The summed E-state index contributed by atoms with van der Waals surface area (Å²) in [7, 11) is 0. The van der Waals surface area contributed by atoms with E-state index in [4.69, 9.17) is 11.0 Å². The van der Waals surface area contributed by atoms with E-state index in [0.29, 0.717) is 0 Å². The molecule has 0 radical (unpaired) electrons. The first-order valence-corrected chi connectivity index (χ1v) is 3.86. The first-order valence-electron chi connectivity index (χ1n) is 2.98. The lowest BCUT2D eigenvalue weighted by Crippen LogP contribution is -2.02. The molecule has 52 valence electrons. The number of rotatable bonds is 1. The van der Waals surface area contributed by atoms with E-state index >= 15 is 0 Å². The summed E-state index contributed by atoms with van der Waals surface area (Å²) in [6.45, 7) is 1.91. The van der Waals surface area contributed by atoms with Gasteiger partial charge in [0.2, 0.25) is 0 Å². The van der Waals surface area contributed by atoms with Crippen LogP contribution in [0.1, 0.15) is 23.4 Å². The van der Waals surface area contributed by atoms with Gasteiger partial charge in [0.1, 0.15) is 10.9 Å². The third kappa shape index (κ3) is 1.35. The Morgan fingerprint density at radius 1 is 1.80 bits per heavy atom. The topological polar surface area (TPSA) is 49.8 Å². The highest BCUT2D eigenvalue weighted by Gasteiger charge is 2.01. The van der Waals surface area contributed by atoms with Crippen molar-refractivity contribution in [1.29, 1.82) is 5.26 Å². The fourth-order valence-corrected chi connectivity index (χ4v) is 1.45. The molecule has 0 spiro atoms. The van der Waals surface area contributed by atoms with Crippen molar-refractivity contribution in [1.82, 2.24) is 0 Å². The highest BCUT2D eigenvalue weighted by molar-refractivity contribution is 7.10. The van der Waals surface area contributed by atoms with Crippen LogP contribution in [0.15, 0.2) is 11.4 Å². The van der Waals surface area contributed by atoms with Crippen molar-refractivity contribution in [3.63, 3.8) is 0 Å². The van der Waals surface area contributed by atoms with Gasteiger partial charge in [0.25, 0.3) is 0 Å². The van der Waals surface area contributed by atoms with Crippen molar-refractivity contribution in [2.75, 3.05) is 0 Å². The van der Waals surface area contributed by atoms with Crippen LogP contribution in [0.2, 0.25) is 0 Å². The summed E-state index contributed by atoms with van der Waals surface area (Å²) >= 11 is 1.44. The Kier molecular flexibility index (Phi) is 2.05. The highest BCUT2D eigenvalue weighted by Crippen LogP contribution is 2.17. The SMILES string of the molecule is C[C@@H](N)c1csc(C#N)c1. The predicted octanol–water partition coefficient (Wildman–Crippen LogP) is 1.64. The molecule has 0 aliphatic rings. The van der Waals surface area contributed by atoms with Gasteiger partial charge in [-0.15, -0.1) is 11.3 Å². The monoisotopic (exact) mass is 152 g/mol. The molecule has 0 bridgehead atoms. The molecule has 0 saturated carbocycles. The van der Waals surface area contributed by atoms with Crippen molar-refractivity contribution in [3.05, 3.63) is 21.9 Å². The van der Waals surface area contributed by atoms with Gasteiger partial charge >= 0.3 is 0 Å². The second-order valence-electron chi connectivity index (χ2n) is 2.14. The second kappa shape index (κ2) is 2.82. The fraction of sp³-hybridized carbons (Fsp3) is 0.286. The summed E-state index contributed by atoms with van der Waals surface area (Å²) < 4.78 is 0. The van der Waals surface area contributed by atoms with Crippen LogP contribution < -0.4 is 5.73 Å². The van der Waals surface area contributed by atoms with Gasteiger partial charge in [-0.05, 0) is 23.9 Å². The molecule has 3 heteroatoms. The van der Waals surface area contributed by atoms with Gasteiger partial charge in [0.15, 0.2) is 0 Å². The van der Waals surface area contributed by atoms with E-state index in [1.807, 2.05) is 18.4 Å². The second-order valence-corrected chi connectivity index (χ2v) is 3.06. The summed E-state index contributed by atoms with van der Waals surface area (Å²) in [5.74, 6) is 0. The molecule has 2 nitrogen and oxygen atoms in total. The quantitative estimate of drug-likeness (QED) is 0.665. The summed E-state index contributed by atoms with van der Waals surface area (Å²) in [4.78, 5) is 0.729. The maximum Gasteiger partial charge on any atom is 0.110 e. The molecule has 0 aliphatic carbocycles. The molecule has 1 aromatic rings. The fourth-order valence-electron chi connectivity index (χ4n) is 0.648. The van der Waals surface area contributed by atoms with Crippen LogP contribution in [0.3, 0.4) is 0 Å².